The molecule has 0 atom stereocenters. The van der Waals surface area contributed by atoms with Gasteiger partial charge in [-0.25, -0.2) is 13.4 Å². The number of rotatable bonds is 11. The average Bonchev–Trinajstić information content (AvgIpc) is 2.86. The predicted octanol–water partition coefficient (Wildman–Crippen LogP) is 4.55. The lowest BCUT2D eigenvalue weighted by atomic mass is 10.2. The molecule has 0 saturated heterocycles. The predicted molar refractivity (Wildman–Crippen MR) is 134 cm³/mol. The Morgan fingerprint density at radius 3 is 2.20 bits per heavy atom. The van der Waals surface area contributed by atoms with Crippen LogP contribution in [0.15, 0.2) is 71.8 Å². The van der Waals surface area contributed by atoms with Gasteiger partial charge in [-0.3, -0.25) is 14.3 Å². The highest BCUT2D eigenvalue weighted by Gasteiger charge is 2.14. The highest BCUT2D eigenvalue weighted by atomic mass is 32.2. The molecule has 184 valence electrons. The Morgan fingerprint density at radius 2 is 1.60 bits per heavy atom. The summed E-state index contributed by atoms with van der Waals surface area (Å²) < 4.78 is 33.5. The van der Waals surface area contributed by atoms with Crippen molar-refractivity contribution in [2.75, 3.05) is 16.6 Å². The van der Waals surface area contributed by atoms with Crippen molar-refractivity contribution in [2.45, 2.75) is 38.0 Å². The van der Waals surface area contributed by atoms with Crippen LogP contribution in [-0.4, -0.2) is 31.8 Å². The molecule has 0 aliphatic rings. The summed E-state index contributed by atoms with van der Waals surface area (Å²) in [6.45, 7) is 4.40. The fraction of sp³-hybridized carbons (Fsp3) is 0.240. The Labute approximate surface area is 205 Å². The molecule has 3 aromatic rings. The monoisotopic (exact) mass is 496 g/mol. The van der Waals surface area contributed by atoms with E-state index in [1.807, 2.05) is 0 Å². The van der Waals surface area contributed by atoms with Gasteiger partial charge in [0, 0.05) is 36.6 Å². The molecule has 0 saturated carbocycles. The molecule has 0 radical (unpaired) electrons. The second kappa shape index (κ2) is 12.0. The van der Waals surface area contributed by atoms with Gasteiger partial charge < -0.3 is 15.4 Å². The molecule has 0 unspecified atom stereocenters. The molecule has 3 rings (SSSR count). The first-order chi connectivity index (χ1) is 16.8. The van der Waals surface area contributed by atoms with Crippen LogP contribution in [0.3, 0.4) is 0 Å². The number of aromatic nitrogens is 1. The van der Waals surface area contributed by atoms with Crippen LogP contribution in [0.1, 0.15) is 43.5 Å². The number of pyridine rings is 1. The number of benzene rings is 2. The van der Waals surface area contributed by atoms with Crippen molar-refractivity contribution >= 4 is 33.2 Å². The zero-order chi connectivity index (χ0) is 25.3. The van der Waals surface area contributed by atoms with E-state index < -0.39 is 10.0 Å². The number of amides is 2. The van der Waals surface area contributed by atoms with E-state index in [4.69, 9.17) is 4.74 Å². The minimum Gasteiger partial charge on any atom is -0.439 e. The molecule has 0 aliphatic carbocycles. The van der Waals surface area contributed by atoms with E-state index in [2.05, 4.69) is 27.3 Å². The van der Waals surface area contributed by atoms with Crippen LogP contribution in [0.5, 0.6) is 11.6 Å². The van der Waals surface area contributed by atoms with E-state index in [0.717, 1.165) is 12.8 Å². The van der Waals surface area contributed by atoms with Crippen molar-refractivity contribution in [1.82, 2.24) is 10.3 Å². The number of nitrogens with one attached hydrogen (secondary N) is 3. The zero-order valence-corrected chi connectivity index (χ0v) is 20.4. The Bertz CT molecular complexity index is 1240. The minimum absolute atomic E-state index is 0.0651. The highest BCUT2D eigenvalue weighted by Crippen LogP contribution is 2.24. The molecular formula is C25H28N4O5S. The molecule has 1 heterocycles. The standard InChI is InChI=1S/C25H28N4O5S/c1-3-5-16-26-25(31)18-6-15-24(27-17-18)34-21-11-7-20(8-12-21)29-35(32,33)22-13-9-19(10-14-22)28-23(30)4-2/h6-15,17,29H,3-5,16H2,1-2H3,(H,26,31)(H,28,30). The quantitative estimate of drug-likeness (QED) is 0.334. The van der Waals surface area contributed by atoms with Crippen LogP contribution >= 0.6 is 0 Å². The van der Waals surface area contributed by atoms with Gasteiger partial charge in [-0.05, 0) is 61.0 Å². The summed E-state index contributed by atoms with van der Waals surface area (Å²) in [5, 5.41) is 5.50. The molecule has 10 heteroatoms. The van der Waals surface area contributed by atoms with Crippen molar-refractivity contribution < 1.29 is 22.7 Å². The van der Waals surface area contributed by atoms with Crippen molar-refractivity contribution in [3.63, 3.8) is 0 Å². The summed E-state index contributed by atoms with van der Waals surface area (Å²) >= 11 is 0. The van der Waals surface area contributed by atoms with Crippen molar-refractivity contribution in [3.8, 4) is 11.6 Å². The van der Waals surface area contributed by atoms with Gasteiger partial charge in [0.1, 0.15) is 5.75 Å². The van der Waals surface area contributed by atoms with Crippen LogP contribution in [0.4, 0.5) is 11.4 Å². The van der Waals surface area contributed by atoms with Crippen LogP contribution in [0.25, 0.3) is 0 Å². The third kappa shape index (κ3) is 7.54. The second-order valence-corrected chi connectivity index (χ2v) is 9.34. The zero-order valence-electron chi connectivity index (χ0n) is 19.6. The van der Waals surface area contributed by atoms with Gasteiger partial charge >= 0.3 is 0 Å². The van der Waals surface area contributed by atoms with Gasteiger partial charge in [0.05, 0.1) is 10.5 Å². The molecule has 0 spiro atoms. The maximum Gasteiger partial charge on any atom is 0.261 e. The number of sulfonamides is 1. The number of carbonyl (C=O) groups is 2. The van der Waals surface area contributed by atoms with Crippen LogP contribution in [-0.2, 0) is 14.8 Å². The first-order valence-corrected chi connectivity index (χ1v) is 12.7. The first kappa shape index (κ1) is 25.7. The lowest BCUT2D eigenvalue weighted by Gasteiger charge is -2.10. The Morgan fingerprint density at radius 1 is 0.914 bits per heavy atom. The summed E-state index contributed by atoms with van der Waals surface area (Å²) in [6, 6.07) is 15.5. The summed E-state index contributed by atoms with van der Waals surface area (Å²) in [7, 11) is -3.81. The van der Waals surface area contributed by atoms with Gasteiger partial charge in [-0.1, -0.05) is 20.3 Å². The number of ether oxygens (including phenoxy) is 1. The third-order valence-electron chi connectivity index (χ3n) is 4.91. The SMILES string of the molecule is CCCCNC(=O)c1ccc(Oc2ccc(NS(=O)(=O)c3ccc(NC(=O)CC)cc3)cc2)nc1. The summed E-state index contributed by atoms with van der Waals surface area (Å²) in [5.41, 5.74) is 1.32. The molecule has 2 amide bonds. The molecule has 0 fully saturated rings. The smallest absolute Gasteiger partial charge is 0.261 e. The van der Waals surface area contributed by atoms with Crippen molar-refractivity contribution in [2.24, 2.45) is 0 Å². The number of hydrogen-bond donors (Lipinski definition) is 3. The summed E-state index contributed by atoms with van der Waals surface area (Å²) in [6.07, 6.45) is 3.69. The minimum atomic E-state index is -3.81. The molecule has 0 aliphatic heterocycles. The van der Waals surface area contributed by atoms with Crippen LogP contribution < -0.4 is 20.1 Å². The fourth-order valence-corrected chi connectivity index (χ4v) is 4.01. The first-order valence-electron chi connectivity index (χ1n) is 11.3. The van der Waals surface area contributed by atoms with E-state index in [9.17, 15) is 18.0 Å². The van der Waals surface area contributed by atoms with E-state index in [1.54, 1.807) is 43.3 Å². The molecule has 1 aromatic heterocycles. The van der Waals surface area contributed by atoms with Gasteiger partial charge in [0.15, 0.2) is 0 Å². The molecule has 9 nitrogen and oxygen atoms in total. The van der Waals surface area contributed by atoms with E-state index >= 15 is 0 Å². The maximum atomic E-state index is 12.7. The summed E-state index contributed by atoms with van der Waals surface area (Å²) in [4.78, 5) is 27.7. The van der Waals surface area contributed by atoms with Gasteiger partial charge in [-0.15, -0.1) is 0 Å². The van der Waals surface area contributed by atoms with E-state index in [0.29, 0.717) is 41.5 Å². The van der Waals surface area contributed by atoms with E-state index in [1.165, 1.54) is 30.5 Å². The fourth-order valence-electron chi connectivity index (χ4n) is 2.95. The lowest BCUT2D eigenvalue weighted by molar-refractivity contribution is -0.115. The van der Waals surface area contributed by atoms with Gasteiger partial charge in [0.25, 0.3) is 15.9 Å². The Balaban J connectivity index is 1.58. The number of anilines is 2. The third-order valence-corrected chi connectivity index (χ3v) is 6.31. The summed E-state index contributed by atoms with van der Waals surface area (Å²) in [5.74, 6) is 0.421. The number of unbranched alkanes of at least 4 members (excludes halogenated alkanes) is 1. The largest absolute Gasteiger partial charge is 0.439 e. The molecule has 2 aromatic carbocycles. The normalized spacial score (nSPS) is 10.9. The molecule has 35 heavy (non-hydrogen) atoms. The lowest BCUT2D eigenvalue weighted by Crippen LogP contribution is -2.24. The topological polar surface area (TPSA) is 126 Å². The molecule has 0 bridgehead atoms. The van der Waals surface area contributed by atoms with Crippen LogP contribution in [0, 0.1) is 0 Å². The highest BCUT2D eigenvalue weighted by molar-refractivity contribution is 7.92. The average molecular weight is 497 g/mol. The van der Waals surface area contributed by atoms with Crippen molar-refractivity contribution in [3.05, 3.63) is 72.4 Å². The molecular weight excluding hydrogens is 468 g/mol. The number of carbonyl (C=O) groups excluding carboxylic acids is 2. The maximum absolute atomic E-state index is 12.7. The molecule has 3 N–H and O–H groups in total. The van der Waals surface area contributed by atoms with E-state index in [-0.39, 0.29) is 16.7 Å². The number of hydrogen-bond acceptors (Lipinski definition) is 6. The Hall–Kier alpha value is -3.92. The second-order valence-electron chi connectivity index (χ2n) is 7.65. The number of nitrogens with zero attached hydrogens (tertiary/aromatic N) is 1. The Kier molecular flexibility index (Phi) is 8.80. The van der Waals surface area contributed by atoms with Gasteiger partial charge in [-0.2, -0.15) is 0 Å². The van der Waals surface area contributed by atoms with Gasteiger partial charge in [0.2, 0.25) is 11.8 Å². The van der Waals surface area contributed by atoms with Crippen LogP contribution in [0.2, 0.25) is 0 Å². The van der Waals surface area contributed by atoms with Crippen molar-refractivity contribution in [1.29, 1.82) is 0 Å².